The number of aromatic nitrogens is 1. The van der Waals surface area contributed by atoms with E-state index in [9.17, 15) is 14.4 Å². The number of pyridine rings is 1. The summed E-state index contributed by atoms with van der Waals surface area (Å²) in [5.74, 6) is 0.542. The third-order valence-electron chi connectivity index (χ3n) is 7.85. The monoisotopic (exact) mass is 563 g/mol. The molecule has 0 spiro atoms. The summed E-state index contributed by atoms with van der Waals surface area (Å²) in [4.78, 5) is 37.3. The van der Waals surface area contributed by atoms with Crippen molar-refractivity contribution in [2.75, 3.05) is 6.61 Å². The van der Waals surface area contributed by atoms with Gasteiger partial charge in [-0.05, 0) is 57.1 Å². The highest BCUT2D eigenvalue weighted by atomic mass is 16.5. The molecule has 0 bridgehead atoms. The number of ether oxygens (including phenoxy) is 1. The summed E-state index contributed by atoms with van der Waals surface area (Å²) in [5, 5.41) is 0.756. The number of benzene rings is 1. The number of hydrogen-bond acceptors (Lipinski definition) is 5. The predicted octanol–water partition coefficient (Wildman–Crippen LogP) is 8.53. The molecule has 0 saturated carbocycles. The fourth-order valence-electron chi connectivity index (χ4n) is 5.04. The number of unbranched alkanes of at least 4 members (excludes halogenated alkanes) is 9. The van der Waals surface area contributed by atoms with E-state index in [1.807, 2.05) is 56.4 Å². The lowest BCUT2D eigenvalue weighted by atomic mass is 9.85. The molecule has 3 aromatic rings. The maximum absolute atomic E-state index is 12.5. The summed E-state index contributed by atoms with van der Waals surface area (Å²) in [6.07, 6.45) is 15.1. The topological polar surface area (TPSA) is 78.5 Å². The Kier molecular flexibility index (Phi) is 12.9. The van der Waals surface area contributed by atoms with Gasteiger partial charge in [0.15, 0.2) is 0 Å². The number of rotatable bonds is 18. The number of hydrogen-bond donors (Lipinski definition) is 0. The summed E-state index contributed by atoms with van der Waals surface area (Å²) in [6.45, 7) is 9.54. The van der Waals surface area contributed by atoms with Gasteiger partial charge in [-0.3, -0.25) is 9.59 Å². The molecule has 0 N–H and O–H groups in total. The molecule has 0 amide bonds. The lowest BCUT2D eigenvalue weighted by Gasteiger charge is -2.23. The van der Waals surface area contributed by atoms with E-state index in [1.54, 1.807) is 4.57 Å². The Hall–Kier alpha value is -3.15. The van der Waals surface area contributed by atoms with Gasteiger partial charge >= 0.3 is 11.6 Å². The van der Waals surface area contributed by atoms with Crippen molar-refractivity contribution in [3.8, 4) is 11.1 Å². The molecule has 3 rings (SSSR count). The number of carbonyl (C=O) groups excluding carboxylic acids is 1. The van der Waals surface area contributed by atoms with Crippen molar-refractivity contribution >= 4 is 16.9 Å². The molecular formula is C35H49NO5. The Balaban J connectivity index is 1.26. The number of fused-ring (bicyclic) bond motifs is 1. The van der Waals surface area contributed by atoms with Gasteiger partial charge in [-0.1, -0.05) is 95.5 Å². The first-order valence-electron chi connectivity index (χ1n) is 15.6. The second kappa shape index (κ2) is 16.3. The van der Waals surface area contributed by atoms with E-state index in [2.05, 4.69) is 13.8 Å². The first-order chi connectivity index (χ1) is 19.7. The van der Waals surface area contributed by atoms with Crippen molar-refractivity contribution < 1.29 is 13.9 Å². The van der Waals surface area contributed by atoms with E-state index < -0.39 is 5.63 Å². The quantitative estimate of drug-likeness (QED) is 0.114. The van der Waals surface area contributed by atoms with Crippen LogP contribution in [-0.4, -0.2) is 17.1 Å². The van der Waals surface area contributed by atoms with Crippen LogP contribution in [-0.2, 0) is 16.1 Å². The Morgan fingerprint density at radius 1 is 0.878 bits per heavy atom. The van der Waals surface area contributed by atoms with Gasteiger partial charge in [0.25, 0.3) is 5.56 Å². The highest BCUT2D eigenvalue weighted by molar-refractivity contribution is 5.80. The summed E-state index contributed by atoms with van der Waals surface area (Å²) < 4.78 is 12.7. The van der Waals surface area contributed by atoms with Gasteiger partial charge in [-0.25, -0.2) is 4.79 Å². The van der Waals surface area contributed by atoms with Gasteiger partial charge in [0.1, 0.15) is 5.58 Å². The molecule has 2 aromatic heterocycles. The summed E-state index contributed by atoms with van der Waals surface area (Å²) in [5.41, 5.74) is 0.678. The lowest BCUT2D eigenvalue weighted by molar-refractivity contribution is -0.154. The second-order valence-corrected chi connectivity index (χ2v) is 12.4. The van der Waals surface area contributed by atoms with Crippen molar-refractivity contribution in [1.29, 1.82) is 0 Å². The molecule has 0 radical (unpaired) electrons. The molecule has 1 aromatic carbocycles. The molecule has 6 nitrogen and oxygen atoms in total. The molecule has 0 saturated heterocycles. The summed E-state index contributed by atoms with van der Waals surface area (Å²) >= 11 is 0. The van der Waals surface area contributed by atoms with Crippen LogP contribution in [0.2, 0.25) is 0 Å². The van der Waals surface area contributed by atoms with Crippen LogP contribution in [0, 0.1) is 11.3 Å². The average Bonchev–Trinajstić information content (AvgIpc) is 2.94. The minimum Gasteiger partial charge on any atom is -0.465 e. The van der Waals surface area contributed by atoms with Gasteiger partial charge in [-0.15, -0.1) is 0 Å². The van der Waals surface area contributed by atoms with E-state index in [0.29, 0.717) is 30.2 Å². The van der Waals surface area contributed by atoms with E-state index in [-0.39, 0.29) is 16.9 Å². The van der Waals surface area contributed by atoms with Crippen LogP contribution in [0.4, 0.5) is 0 Å². The Bertz CT molecular complexity index is 1340. The Labute approximate surface area is 245 Å². The highest BCUT2D eigenvalue weighted by Crippen LogP contribution is 2.26. The van der Waals surface area contributed by atoms with Crippen LogP contribution in [0.5, 0.6) is 0 Å². The van der Waals surface area contributed by atoms with Crippen LogP contribution >= 0.6 is 0 Å². The van der Waals surface area contributed by atoms with Crippen LogP contribution in [0.1, 0.15) is 105 Å². The maximum atomic E-state index is 12.5. The molecule has 0 atom stereocenters. The fourth-order valence-corrected chi connectivity index (χ4v) is 5.04. The Morgan fingerprint density at radius 3 is 2.12 bits per heavy atom. The normalized spacial score (nSPS) is 11.8. The second-order valence-electron chi connectivity index (χ2n) is 12.4. The third-order valence-corrected chi connectivity index (χ3v) is 7.85. The van der Waals surface area contributed by atoms with Crippen LogP contribution in [0.15, 0.2) is 62.7 Å². The lowest BCUT2D eigenvalue weighted by Crippen LogP contribution is -2.27. The van der Waals surface area contributed by atoms with E-state index in [1.165, 1.54) is 38.2 Å². The molecule has 0 aliphatic carbocycles. The van der Waals surface area contributed by atoms with Crippen LogP contribution in [0.3, 0.4) is 0 Å². The molecule has 0 fully saturated rings. The Morgan fingerprint density at radius 2 is 1.49 bits per heavy atom. The SMILES string of the molecule is CC(C)CCC(C)(C)C(=O)OCCCCCCCCCCCCn1cc2cc(-c3ccccc3)c(=O)oc2cc1=O. The number of nitrogens with zero attached hydrogens (tertiary/aromatic N) is 1. The van der Waals surface area contributed by atoms with Gasteiger partial charge in [-0.2, -0.15) is 0 Å². The molecular weight excluding hydrogens is 514 g/mol. The van der Waals surface area contributed by atoms with Crippen molar-refractivity contribution in [3.63, 3.8) is 0 Å². The van der Waals surface area contributed by atoms with E-state index in [4.69, 9.17) is 9.15 Å². The maximum Gasteiger partial charge on any atom is 0.344 e. The van der Waals surface area contributed by atoms with Crippen molar-refractivity contribution in [1.82, 2.24) is 4.57 Å². The zero-order chi connectivity index (χ0) is 29.7. The summed E-state index contributed by atoms with van der Waals surface area (Å²) in [7, 11) is 0. The highest BCUT2D eigenvalue weighted by Gasteiger charge is 2.29. The van der Waals surface area contributed by atoms with Gasteiger partial charge in [0.05, 0.1) is 17.6 Å². The molecule has 224 valence electrons. The standard InChI is InChI=1S/C35H49NO5/c1-27(2)20-21-35(3,4)34(39)40-23-17-12-10-8-6-5-7-9-11-16-22-36-26-29-24-30(28-18-14-13-15-19-28)33(38)41-31(29)25-32(36)37/h13-15,18-19,24-27H,5-12,16-17,20-23H2,1-4H3. The number of esters is 1. The first-order valence-corrected chi connectivity index (χ1v) is 15.6. The van der Waals surface area contributed by atoms with Crippen molar-refractivity contribution in [2.45, 2.75) is 111 Å². The van der Waals surface area contributed by atoms with Crippen molar-refractivity contribution in [2.24, 2.45) is 11.3 Å². The van der Waals surface area contributed by atoms with Crippen LogP contribution < -0.4 is 11.2 Å². The smallest absolute Gasteiger partial charge is 0.344 e. The first kappa shape index (κ1) is 32.4. The largest absolute Gasteiger partial charge is 0.465 e. The minimum absolute atomic E-state index is 0.0609. The van der Waals surface area contributed by atoms with E-state index in [0.717, 1.165) is 55.9 Å². The minimum atomic E-state index is -0.432. The zero-order valence-electron chi connectivity index (χ0n) is 25.6. The molecule has 2 heterocycles. The zero-order valence-corrected chi connectivity index (χ0v) is 25.6. The van der Waals surface area contributed by atoms with Gasteiger partial charge < -0.3 is 13.7 Å². The van der Waals surface area contributed by atoms with E-state index >= 15 is 0 Å². The van der Waals surface area contributed by atoms with Gasteiger partial charge in [0.2, 0.25) is 0 Å². The number of carbonyl (C=O) groups is 1. The molecule has 0 aliphatic rings. The molecule has 41 heavy (non-hydrogen) atoms. The molecule has 6 heteroatoms. The summed E-state index contributed by atoms with van der Waals surface area (Å²) in [6, 6.07) is 12.7. The van der Waals surface area contributed by atoms with Gasteiger partial charge in [0, 0.05) is 24.2 Å². The molecule has 0 unspecified atom stereocenters. The number of aryl methyl sites for hydroxylation is 1. The third kappa shape index (κ3) is 10.6. The molecule has 0 aliphatic heterocycles. The average molecular weight is 564 g/mol. The fraction of sp³-hybridized carbons (Fsp3) is 0.571. The van der Waals surface area contributed by atoms with Crippen molar-refractivity contribution in [3.05, 3.63) is 69.4 Å². The van der Waals surface area contributed by atoms with Crippen LogP contribution in [0.25, 0.3) is 22.1 Å². The predicted molar refractivity (Wildman–Crippen MR) is 167 cm³/mol.